The molecule has 0 aliphatic carbocycles. The second-order valence-electron chi connectivity index (χ2n) is 13.5. The molecule has 0 radical (unpaired) electrons. The van der Waals surface area contributed by atoms with Crippen LogP contribution in [0, 0.1) is 0 Å². The van der Waals surface area contributed by atoms with E-state index in [9.17, 15) is 71.5 Å². The predicted molar refractivity (Wildman–Crippen MR) is 182 cm³/mol. The Hall–Kier alpha value is -0.880. The maximum atomic E-state index is 10.9. The molecule has 20 nitrogen and oxygen atoms in total. The first-order valence-electron chi connectivity index (χ1n) is 17.2. The molecule has 4 heterocycles. The van der Waals surface area contributed by atoms with Crippen molar-refractivity contribution in [2.45, 2.75) is 133 Å². The number of hydrogen-bond acceptors (Lipinski definition) is 22. The van der Waals surface area contributed by atoms with Crippen LogP contribution in [0.25, 0.3) is 0 Å². The first-order valence-corrected chi connectivity index (χ1v) is 19.3. The number of benzene rings is 1. The van der Waals surface area contributed by atoms with Gasteiger partial charge in [-0.1, -0.05) is 24.3 Å². The molecule has 4 aliphatic heterocycles. The van der Waals surface area contributed by atoms with Crippen molar-refractivity contribution in [3.05, 3.63) is 35.4 Å². The second-order valence-corrected chi connectivity index (χ2v) is 15.6. The van der Waals surface area contributed by atoms with E-state index in [4.69, 9.17) is 28.4 Å². The largest absolute Gasteiger partial charge is 0.394 e. The Morgan fingerprint density at radius 2 is 0.815 bits per heavy atom. The summed E-state index contributed by atoms with van der Waals surface area (Å²) in [5.74, 6) is 0.516. The molecule has 14 N–H and O–H groups in total. The van der Waals surface area contributed by atoms with E-state index in [0.29, 0.717) is 0 Å². The summed E-state index contributed by atoms with van der Waals surface area (Å²) in [5, 5.41) is 143. The van der Waals surface area contributed by atoms with Crippen molar-refractivity contribution in [3.8, 4) is 0 Å². The van der Waals surface area contributed by atoms with E-state index in [-0.39, 0.29) is 11.5 Å². The summed E-state index contributed by atoms with van der Waals surface area (Å²) in [6, 6.07) is 7.16. The lowest BCUT2D eigenvalue weighted by molar-refractivity contribution is -0.338. The fourth-order valence-corrected chi connectivity index (χ4v) is 8.78. The summed E-state index contributed by atoms with van der Waals surface area (Å²) in [5.41, 5.74) is -0.582. The van der Waals surface area contributed by atoms with Crippen molar-refractivity contribution >= 4 is 23.5 Å². The van der Waals surface area contributed by atoms with Crippen LogP contribution in [0.1, 0.15) is 11.1 Å². The first kappa shape index (κ1) is 44.2. The van der Waals surface area contributed by atoms with Crippen LogP contribution in [0.3, 0.4) is 0 Å². The van der Waals surface area contributed by atoms with Crippen molar-refractivity contribution in [2.75, 3.05) is 26.4 Å². The Morgan fingerprint density at radius 1 is 0.444 bits per heavy atom. The first-order chi connectivity index (χ1) is 25.7. The molecule has 5 rings (SSSR count). The Bertz CT molecular complexity index is 1210. The molecule has 0 unspecified atom stereocenters. The van der Waals surface area contributed by atoms with Crippen LogP contribution in [-0.4, -0.2) is 219 Å². The Balaban J connectivity index is 1.14. The molecule has 0 amide bonds. The van der Waals surface area contributed by atoms with Crippen molar-refractivity contribution < 1.29 is 99.9 Å². The minimum absolute atomic E-state index is 0.258. The van der Waals surface area contributed by atoms with Gasteiger partial charge >= 0.3 is 0 Å². The van der Waals surface area contributed by atoms with Crippen LogP contribution in [-0.2, 0) is 39.9 Å². The zero-order valence-corrected chi connectivity index (χ0v) is 30.3. The molecule has 1 aromatic rings. The van der Waals surface area contributed by atoms with Crippen LogP contribution in [0.15, 0.2) is 24.3 Å². The van der Waals surface area contributed by atoms with Gasteiger partial charge in [-0.25, -0.2) is 0 Å². The molecule has 310 valence electrons. The van der Waals surface area contributed by atoms with Gasteiger partial charge in [0.25, 0.3) is 0 Å². The van der Waals surface area contributed by atoms with E-state index in [1.807, 2.05) is 6.07 Å². The third-order valence-corrected chi connectivity index (χ3v) is 12.2. The van der Waals surface area contributed by atoms with E-state index in [0.717, 1.165) is 34.7 Å². The topological polar surface area (TPSA) is 339 Å². The van der Waals surface area contributed by atoms with Gasteiger partial charge in [-0.15, -0.1) is 23.5 Å². The smallest absolute Gasteiger partial charge is 0.187 e. The van der Waals surface area contributed by atoms with Crippen LogP contribution in [0.4, 0.5) is 0 Å². The zero-order valence-electron chi connectivity index (χ0n) is 28.6. The number of thioether (sulfide) groups is 2. The number of hydrogen-bond donors (Lipinski definition) is 14. The van der Waals surface area contributed by atoms with Crippen LogP contribution in [0.5, 0.6) is 0 Å². The molecule has 0 aromatic heterocycles. The zero-order chi connectivity index (χ0) is 39.4. The Morgan fingerprint density at radius 3 is 1.17 bits per heavy atom. The maximum Gasteiger partial charge on any atom is 0.187 e. The monoisotopic (exact) mass is 818 g/mol. The predicted octanol–water partition coefficient (Wildman–Crippen LogP) is -6.60. The average molecular weight is 819 g/mol. The van der Waals surface area contributed by atoms with Crippen molar-refractivity contribution in [1.82, 2.24) is 0 Å². The highest BCUT2D eigenvalue weighted by Crippen LogP contribution is 2.36. The number of aliphatic hydroxyl groups excluding tert-OH is 14. The molecule has 0 saturated carbocycles. The minimum Gasteiger partial charge on any atom is -0.394 e. The normalized spacial score (nSPS) is 46.0. The lowest BCUT2D eigenvalue weighted by atomic mass is 9.97. The Labute approximate surface area is 317 Å². The van der Waals surface area contributed by atoms with Gasteiger partial charge < -0.3 is 99.9 Å². The molecule has 4 fully saturated rings. The highest BCUT2D eigenvalue weighted by atomic mass is 32.2. The van der Waals surface area contributed by atoms with Crippen LogP contribution in [0.2, 0.25) is 0 Å². The molecular weight excluding hydrogens is 768 g/mol. The maximum absolute atomic E-state index is 10.9. The lowest BCUT2D eigenvalue weighted by Crippen LogP contribution is -2.64. The highest BCUT2D eigenvalue weighted by molar-refractivity contribution is 7.99. The molecule has 0 spiro atoms. The average Bonchev–Trinajstić information content (AvgIpc) is 3.17. The Kier molecular flexibility index (Phi) is 16.1. The fourth-order valence-electron chi connectivity index (χ4n) is 6.55. The molecule has 1 aromatic carbocycles. The number of aliphatic hydroxyl groups is 14. The van der Waals surface area contributed by atoms with Gasteiger partial charge in [0.15, 0.2) is 12.6 Å². The number of rotatable bonds is 14. The van der Waals surface area contributed by atoms with E-state index in [1.54, 1.807) is 18.2 Å². The van der Waals surface area contributed by atoms with Crippen molar-refractivity contribution in [2.24, 2.45) is 0 Å². The third-order valence-electron chi connectivity index (χ3n) is 9.74. The molecule has 54 heavy (non-hydrogen) atoms. The van der Waals surface area contributed by atoms with E-state index < -0.39 is 148 Å². The molecule has 4 saturated heterocycles. The van der Waals surface area contributed by atoms with E-state index >= 15 is 0 Å². The summed E-state index contributed by atoms with van der Waals surface area (Å²) < 4.78 is 33.5. The SMILES string of the molecule is OC[C@H]1O[C@H](O[C@@H]2[C@H](O)[C@@H](O)[C@H](SCc3cccc(CS[C@@H]4O[C@H](CO)[C@H](O[C@H]5O[C@H](CO)[C@H](O)[C@H](O)[C@H]5O)[C@H](O)[C@H]4O)c3)O[C@@H]2CO)[C@H](O)[C@@H](O)[C@H]1O. The van der Waals surface area contributed by atoms with E-state index in [1.165, 1.54) is 0 Å². The molecule has 4 aliphatic rings. The number of ether oxygens (including phenoxy) is 6. The fraction of sp³-hybridized carbons (Fsp3) is 0.812. The lowest BCUT2D eigenvalue weighted by Gasteiger charge is -2.46. The molecule has 20 atom stereocenters. The molecule has 22 heteroatoms. The van der Waals surface area contributed by atoms with Crippen LogP contribution < -0.4 is 0 Å². The summed E-state index contributed by atoms with van der Waals surface area (Å²) in [6.45, 7) is -2.76. The van der Waals surface area contributed by atoms with Gasteiger partial charge in [0, 0.05) is 11.5 Å². The van der Waals surface area contributed by atoms with Gasteiger partial charge in [0.1, 0.15) is 109 Å². The third kappa shape index (κ3) is 9.69. The van der Waals surface area contributed by atoms with Gasteiger partial charge in [0.05, 0.1) is 26.4 Å². The summed E-state index contributed by atoms with van der Waals surface area (Å²) in [6.07, 6.45) is -27.9. The van der Waals surface area contributed by atoms with Gasteiger partial charge in [-0.2, -0.15) is 0 Å². The standard InChI is InChI=1S/C32H50O20S2/c33-5-13-17(37)19(39)23(43)29(47-13)51-27-15(7-35)49-31(25(45)21(27)41)53-9-11-2-1-3-12(4-11)10-54-32-26(46)22(42)28(16(8-36)50-32)52-30-24(44)20(40)18(38)14(6-34)48-30/h1-4,13-46H,5-10H2/t13-,14-,15-,16-,17+,18+,19+,20+,21-,22-,23-,24-,25-,26-,27+,28+,29-,30-,31+,32+/m1/s1. The molecular formula is C32H50O20S2. The van der Waals surface area contributed by atoms with Crippen molar-refractivity contribution in [1.29, 1.82) is 0 Å². The van der Waals surface area contributed by atoms with E-state index in [2.05, 4.69) is 0 Å². The minimum atomic E-state index is -1.78. The highest BCUT2D eigenvalue weighted by Gasteiger charge is 2.52. The second kappa shape index (κ2) is 19.7. The van der Waals surface area contributed by atoms with Gasteiger partial charge in [0.2, 0.25) is 0 Å². The quantitative estimate of drug-likeness (QED) is 0.0830. The molecule has 0 bridgehead atoms. The summed E-state index contributed by atoms with van der Waals surface area (Å²) in [7, 11) is 0. The van der Waals surface area contributed by atoms with Crippen molar-refractivity contribution in [3.63, 3.8) is 0 Å². The van der Waals surface area contributed by atoms with Crippen LogP contribution >= 0.6 is 23.5 Å². The summed E-state index contributed by atoms with van der Waals surface area (Å²) >= 11 is 2.21. The summed E-state index contributed by atoms with van der Waals surface area (Å²) in [4.78, 5) is 0. The van der Waals surface area contributed by atoms with Gasteiger partial charge in [-0.05, 0) is 11.1 Å². The van der Waals surface area contributed by atoms with Gasteiger partial charge in [-0.3, -0.25) is 0 Å².